The van der Waals surface area contributed by atoms with E-state index in [-0.39, 0.29) is 24.1 Å². The fourth-order valence-electron chi connectivity index (χ4n) is 3.36. The number of hydrogen-bond donors (Lipinski definition) is 2. The molecule has 0 aliphatic heterocycles. The number of aryl methyl sites for hydroxylation is 1. The first kappa shape index (κ1) is 22.9. The van der Waals surface area contributed by atoms with Gasteiger partial charge in [-0.05, 0) is 42.3 Å². The Bertz CT molecular complexity index is 1290. The quantitative estimate of drug-likeness (QED) is 0.348. The van der Waals surface area contributed by atoms with Crippen LogP contribution in [0.4, 0.5) is 5.69 Å². The average molecular weight is 479 g/mol. The van der Waals surface area contributed by atoms with E-state index in [0.717, 1.165) is 22.2 Å². The number of amides is 2. The van der Waals surface area contributed by atoms with Crippen LogP contribution >= 0.6 is 23.4 Å². The summed E-state index contributed by atoms with van der Waals surface area (Å²) in [4.78, 5) is 29.9. The Morgan fingerprint density at radius 1 is 1.00 bits per heavy atom. The normalized spacial score (nSPS) is 10.8. The van der Waals surface area contributed by atoms with Gasteiger partial charge in [-0.2, -0.15) is 0 Å². The van der Waals surface area contributed by atoms with E-state index in [2.05, 4.69) is 15.6 Å². The summed E-state index contributed by atoms with van der Waals surface area (Å²) in [5, 5.41) is 7.01. The third-order valence-corrected chi connectivity index (χ3v) is 6.27. The summed E-state index contributed by atoms with van der Waals surface area (Å²) < 4.78 is 1.83. The van der Waals surface area contributed by atoms with E-state index in [0.29, 0.717) is 22.4 Å². The lowest BCUT2D eigenvalue weighted by atomic mass is 10.2. The third kappa shape index (κ3) is 5.94. The van der Waals surface area contributed by atoms with Crippen molar-refractivity contribution in [1.29, 1.82) is 0 Å². The molecule has 6 nitrogen and oxygen atoms in total. The van der Waals surface area contributed by atoms with Crippen molar-refractivity contribution < 1.29 is 9.59 Å². The zero-order valence-electron chi connectivity index (χ0n) is 18.0. The van der Waals surface area contributed by atoms with E-state index in [1.54, 1.807) is 12.1 Å². The van der Waals surface area contributed by atoms with E-state index in [9.17, 15) is 9.59 Å². The number of nitrogens with one attached hydrogen (secondary N) is 2. The van der Waals surface area contributed by atoms with Crippen molar-refractivity contribution in [3.8, 4) is 0 Å². The lowest BCUT2D eigenvalue weighted by Gasteiger charge is -2.12. The van der Waals surface area contributed by atoms with E-state index in [1.165, 1.54) is 11.8 Å². The molecule has 8 heteroatoms. The maximum atomic E-state index is 12.8. The van der Waals surface area contributed by atoms with Crippen molar-refractivity contribution in [3.63, 3.8) is 0 Å². The monoisotopic (exact) mass is 478 g/mol. The summed E-state index contributed by atoms with van der Waals surface area (Å²) in [7, 11) is 0. The van der Waals surface area contributed by atoms with Crippen LogP contribution in [0.1, 0.15) is 11.1 Å². The molecule has 4 rings (SSSR count). The highest BCUT2D eigenvalue weighted by Crippen LogP contribution is 2.25. The summed E-state index contributed by atoms with van der Waals surface area (Å²) in [6.07, 6.45) is 0. The second-order valence-electron chi connectivity index (χ2n) is 7.53. The highest BCUT2D eigenvalue weighted by Gasteiger charge is 2.16. The number of thioether (sulfide) groups is 1. The molecule has 0 aliphatic carbocycles. The van der Waals surface area contributed by atoms with Crippen LogP contribution in [-0.4, -0.2) is 27.1 Å². The van der Waals surface area contributed by atoms with E-state index in [4.69, 9.17) is 11.6 Å². The molecule has 0 atom stereocenters. The zero-order chi connectivity index (χ0) is 23.2. The molecule has 0 aliphatic rings. The summed E-state index contributed by atoms with van der Waals surface area (Å²) >= 11 is 7.38. The van der Waals surface area contributed by atoms with E-state index in [1.807, 2.05) is 72.2 Å². The van der Waals surface area contributed by atoms with Crippen molar-refractivity contribution >= 4 is 51.9 Å². The number of nitrogens with zero attached hydrogens (tertiary/aromatic N) is 2. The number of halogens is 1. The van der Waals surface area contributed by atoms with E-state index < -0.39 is 0 Å². The number of benzene rings is 3. The molecule has 2 N–H and O–H groups in total. The number of anilines is 1. The fourth-order valence-corrected chi connectivity index (χ4v) is 4.37. The van der Waals surface area contributed by atoms with Crippen LogP contribution in [-0.2, 0) is 22.7 Å². The van der Waals surface area contributed by atoms with Gasteiger partial charge < -0.3 is 15.2 Å². The number of aromatic nitrogens is 2. The molecule has 0 unspecified atom stereocenters. The number of fused-ring (bicyclic) bond motifs is 1. The van der Waals surface area contributed by atoms with Crippen LogP contribution in [0.3, 0.4) is 0 Å². The molecule has 0 spiro atoms. The molecule has 1 heterocycles. The predicted octanol–water partition coefficient (Wildman–Crippen LogP) is 5.05. The molecule has 2 amide bonds. The number of imidazole rings is 1. The van der Waals surface area contributed by atoms with Gasteiger partial charge in [-0.1, -0.05) is 71.9 Å². The van der Waals surface area contributed by atoms with Gasteiger partial charge in [-0.15, -0.1) is 0 Å². The van der Waals surface area contributed by atoms with Crippen molar-refractivity contribution in [2.75, 3.05) is 11.1 Å². The molecule has 0 radical (unpaired) electrons. The molecule has 3 aromatic carbocycles. The Kier molecular flexibility index (Phi) is 7.32. The minimum absolute atomic E-state index is 0.0699. The van der Waals surface area contributed by atoms with Crippen LogP contribution in [0.25, 0.3) is 11.0 Å². The molecule has 1 aromatic heterocycles. The second-order valence-corrected chi connectivity index (χ2v) is 8.91. The highest BCUT2D eigenvalue weighted by atomic mass is 35.5. The van der Waals surface area contributed by atoms with Crippen LogP contribution in [0.15, 0.2) is 78.0 Å². The van der Waals surface area contributed by atoms with Crippen LogP contribution in [0.2, 0.25) is 5.02 Å². The molecule has 4 aromatic rings. The highest BCUT2D eigenvalue weighted by molar-refractivity contribution is 7.99. The first-order chi connectivity index (χ1) is 16.0. The molecular formula is C25H23ClN4O2S. The zero-order valence-corrected chi connectivity index (χ0v) is 19.6. The van der Waals surface area contributed by atoms with Crippen molar-refractivity contribution in [2.24, 2.45) is 0 Å². The van der Waals surface area contributed by atoms with Gasteiger partial charge in [0.25, 0.3) is 0 Å². The van der Waals surface area contributed by atoms with Gasteiger partial charge in [0.2, 0.25) is 11.8 Å². The Balaban J connectivity index is 1.45. The topological polar surface area (TPSA) is 76.0 Å². The Morgan fingerprint density at radius 3 is 2.58 bits per heavy atom. The van der Waals surface area contributed by atoms with Crippen LogP contribution in [0, 0.1) is 6.92 Å². The first-order valence-corrected chi connectivity index (χ1v) is 11.8. The Labute approximate surface area is 201 Å². The SMILES string of the molecule is Cc1ccc(Cl)cc1NC(=O)Cn1c(SCC(=O)NCc2ccccc2)nc2ccccc21. The number of hydrogen-bond acceptors (Lipinski definition) is 4. The van der Waals surface area contributed by atoms with Crippen LogP contribution < -0.4 is 10.6 Å². The number of para-hydroxylation sites is 2. The van der Waals surface area contributed by atoms with Crippen molar-refractivity contribution in [3.05, 3.63) is 88.9 Å². The lowest BCUT2D eigenvalue weighted by Crippen LogP contribution is -2.25. The summed E-state index contributed by atoms with van der Waals surface area (Å²) in [6.45, 7) is 2.45. The summed E-state index contributed by atoms with van der Waals surface area (Å²) in [5.41, 5.74) is 4.24. The minimum atomic E-state index is -0.195. The second kappa shape index (κ2) is 10.6. The fraction of sp³-hybridized carbons (Fsp3) is 0.160. The third-order valence-electron chi connectivity index (χ3n) is 5.06. The predicted molar refractivity (Wildman–Crippen MR) is 134 cm³/mol. The molecule has 0 bridgehead atoms. The molecule has 0 saturated carbocycles. The summed E-state index contributed by atoms with van der Waals surface area (Å²) in [6, 6.07) is 22.7. The maximum absolute atomic E-state index is 12.8. The Hall–Kier alpha value is -3.29. The van der Waals surface area contributed by atoms with Gasteiger partial charge in [-0.25, -0.2) is 4.98 Å². The summed E-state index contributed by atoms with van der Waals surface area (Å²) in [5.74, 6) is -0.0918. The van der Waals surface area contributed by atoms with Gasteiger partial charge in [0.1, 0.15) is 6.54 Å². The largest absolute Gasteiger partial charge is 0.351 e. The van der Waals surface area contributed by atoms with Crippen molar-refractivity contribution in [1.82, 2.24) is 14.9 Å². The lowest BCUT2D eigenvalue weighted by molar-refractivity contribution is -0.118. The standard InChI is InChI=1S/C25H23ClN4O2S/c1-17-11-12-19(26)13-21(17)28-23(31)15-30-22-10-6-5-9-20(22)29-25(30)33-16-24(32)27-14-18-7-3-2-4-8-18/h2-13H,14-16H2,1H3,(H,27,32)(H,28,31). The molecule has 0 saturated heterocycles. The first-order valence-electron chi connectivity index (χ1n) is 10.4. The van der Waals surface area contributed by atoms with Crippen LogP contribution in [0.5, 0.6) is 0 Å². The van der Waals surface area contributed by atoms with E-state index >= 15 is 0 Å². The molecule has 33 heavy (non-hydrogen) atoms. The van der Waals surface area contributed by atoms with Gasteiger partial charge in [0, 0.05) is 17.3 Å². The molecular weight excluding hydrogens is 456 g/mol. The number of carbonyl (C=O) groups is 2. The molecule has 168 valence electrons. The van der Waals surface area contributed by atoms with Gasteiger partial charge in [0.05, 0.1) is 16.8 Å². The Morgan fingerprint density at radius 2 is 1.76 bits per heavy atom. The minimum Gasteiger partial charge on any atom is -0.351 e. The van der Waals surface area contributed by atoms with Gasteiger partial charge >= 0.3 is 0 Å². The average Bonchev–Trinajstić information content (AvgIpc) is 3.16. The number of carbonyl (C=O) groups excluding carboxylic acids is 2. The van der Waals surface area contributed by atoms with Crippen molar-refractivity contribution in [2.45, 2.75) is 25.2 Å². The van der Waals surface area contributed by atoms with Gasteiger partial charge in [0.15, 0.2) is 5.16 Å². The smallest absolute Gasteiger partial charge is 0.244 e. The maximum Gasteiger partial charge on any atom is 0.244 e. The van der Waals surface area contributed by atoms with Gasteiger partial charge in [-0.3, -0.25) is 9.59 Å². The number of rotatable bonds is 8. The molecule has 0 fully saturated rings.